The lowest BCUT2D eigenvalue weighted by atomic mass is 9.84. The first-order valence-electron chi connectivity index (χ1n) is 14.0. The lowest BCUT2D eigenvalue weighted by molar-refractivity contribution is 0.0907. The summed E-state index contributed by atoms with van der Waals surface area (Å²) in [6.45, 7) is 0. The molecule has 0 N–H and O–H groups in total. The Kier molecular flexibility index (Phi) is 9.11. The third-order valence-corrected chi connectivity index (χ3v) is 7.50. The highest BCUT2D eigenvalue weighted by Gasteiger charge is 2.24. The Morgan fingerprint density at radius 2 is 0.575 bits per heavy atom. The summed E-state index contributed by atoms with van der Waals surface area (Å²) in [5, 5.41) is 0. The topological polar surface area (TPSA) is 34.1 Å². The molecule has 0 radical (unpaired) electrons. The van der Waals surface area contributed by atoms with E-state index in [1.54, 1.807) is 0 Å². The zero-order valence-corrected chi connectivity index (χ0v) is 22.7. The molecule has 0 saturated heterocycles. The summed E-state index contributed by atoms with van der Waals surface area (Å²) in [6.07, 6.45) is 2.69. The second-order valence-electron chi connectivity index (χ2n) is 10.5. The van der Waals surface area contributed by atoms with Crippen molar-refractivity contribution in [2.24, 2.45) is 11.8 Å². The van der Waals surface area contributed by atoms with E-state index < -0.39 is 0 Å². The Morgan fingerprint density at radius 1 is 0.350 bits per heavy atom. The SMILES string of the molecule is O=C(c1ccc(C(=O)C(Cc2ccccc2)Cc2ccccc2)cc1)C(Cc1ccccc1)Cc1ccccc1. The number of hydrogen-bond acceptors (Lipinski definition) is 2. The van der Waals surface area contributed by atoms with Crippen LogP contribution in [0.25, 0.3) is 0 Å². The molecule has 0 spiro atoms. The van der Waals surface area contributed by atoms with Crippen molar-refractivity contribution >= 4 is 11.6 Å². The molecule has 0 unspecified atom stereocenters. The van der Waals surface area contributed by atoms with Crippen LogP contribution >= 0.6 is 0 Å². The lowest BCUT2D eigenvalue weighted by Crippen LogP contribution is -2.22. The van der Waals surface area contributed by atoms with E-state index >= 15 is 0 Å². The van der Waals surface area contributed by atoms with E-state index in [0.717, 1.165) is 22.3 Å². The molecule has 5 aromatic carbocycles. The molecule has 0 amide bonds. The van der Waals surface area contributed by atoms with Crippen molar-refractivity contribution in [3.05, 3.63) is 179 Å². The van der Waals surface area contributed by atoms with Crippen molar-refractivity contribution in [1.82, 2.24) is 0 Å². The molecule has 0 bridgehead atoms. The molecule has 2 nitrogen and oxygen atoms in total. The van der Waals surface area contributed by atoms with E-state index in [1.807, 2.05) is 97.1 Å². The van der Waals surface area contributed by atoms with Crippen LogP contribution in [0.1, 0.15) is 43.0 Å². The van der Waals surface area contributed by atoms with Gasteiger partial charge in [-0.3, -0.25) is 9.59 Å². The van der Waals surface area contributed by atoms with Crippen molar-refractivity contribution in [1.29, 1.82) is 0 Å². The summed E-state index contributed by atoms with van der Waals surface area (Å²) in [7, 11) is 0. The van der Waals surface area contributed by atoms with Crippen molar-refractivity contribution in [3.63, 3.8) is 0 Å². The van der Waals surface area contributed by atoms with E-state index in [2.05, 4.69) is 48.5 Å². The highest BCUT2D eigenvalue weighted by Crippen LogP contribution is 2.23. The zero-order valence-electron chi connectivity index (χ0n) is 22.7. The van der Waals surface area contributed by atoms with E-state index in [9.17, 15) is 9.59 Å². The van der Waals surface area contributed by atoms with Crippen LogP contribution in [0, 0.1) is 11.8 Å². The van der Waals surface area contributed by atoms with Crippen molar-refractivity contribution < 1.29 is 9.59 Å². The Balaban J connectivity index is 1.36. The summed E-state index contributed by atoms with van der Waals surface area (Å²) in [5.74, 6) is -0.154. The number of ketones is 2. The van der Waals surface area contributed by atoms with Gasteiger partial charge in [0.2, 0.25) is 0 Å². The van der Waals surface area contributed by atoms with E-state index in [0.29, 0.717) is 36.8 Å². The molecular formula is C38H34O2. The van der Waals surface area contributed by atoms with Gasteiger partial charge in [0, 0.05) is 23.0 Å². The zero-order chi connectivity index (χ0) is 27.6. The minimum absolute atomic E-state index is 0.108. The molecular weight excluding hydrogens is 488 g/mol. The fourth-order valence-electron chi connectivity index (χ4n) is 5.38. The second-order valence-corrected chi connectivity index (χ2v) is 10.5. The molecule has 0 fully saturated rings. The lowest BCUT2D eigenvalue weighted by Gasteiger charge is -2.18. The Hall–Kier alpha value is -4.56. The molecule has 0 atom stereocenters. The molecule has 0 saturated carbocycles. The average Bonchev–Trinajstić information content (AvgIpc) is 3.02. The van der Waals surface area contributed by atoms with Crippen LogP contribution in [0.15, 0.2) is 146 Å². The van der Waals surface area contributed by atoms with Crippen LogP contribution in [-0.4, -0.2) is 11.6 Å². The van der Waals surface area contributed by atoms with Crippen LogP contribution in [0.3, 0.4) is 0 Å². The first-order chi connectivity index (χ1) is 19.7. The fourth-order valence-corrected chi connectivity index (χ4v) is 5.38. The van der Waals surface area contributed by atoms with Gasteiger partial charge >= 0.3 is 0 Å². The largest absolute Gasteiger partial charge is 0.294 e. The quantitative estimate of drug-likeness (QED) is 0.155. The minimum Gasteiger partial charge on any atom is -0.294 e. The normalized spacial score (nSPS) is 11.1. The van der Waals surface area contributed by atoms with E-state index in [-0.39, 0.29) is 23.4 Å². The average molecular weight is 523 g/mol. The molecule has 2 heteroatoms. The first kappa shape index (κ1) is 27.0. The summed E-state index contributed by atoms with van der Waals surface area (Å²) in [4.78, 5) is 27.5. The predicted molar refractivity (Wildman–Crippen MR) is 163 cm³/mol. The van der Waals surface area contributed by atoms with Crippen molar-refractivity contribution in [2.45, 2.75) is 25.7 Å². The van der Waals surface area contributed by atoms with Crippen LogP contribution in [-0.2, 0) is 25.7 Å². The van der Waals surface area contributed by atoms with E-state index in [4.69, 9.17) is 0 Å². The van der Waals surface area contributed by atoms with Gasteiger partial charge in [0.15, 0.2) is 11.6 Å². The highest BCUT2D eigenvalue weighted by atomic mass is 16.1. The number of carbonyl (C=O) groups is 2. The van der Waals surface area contributed by atoms with Gasteiger partial charge in [0.1, 0.15) is 0 Å². The maximum absolute atomic E-state index is 13.8. The molecule has 0 aliphatic rings. The molecule has 0 aliphatic heterocycles. The number of hydrogen-bond donors (Lipinski definition) is 0. The highest BCUT2D eigenvalue weighted by molar-refractivity contribution is 6.01. The van der Waals surface area contributed by atoms with Gasteiger partial charge in [0.05, 0.1) is 0 Å². The molecule has 0 aromatic heterocycles. The van der Waals surface area contributed by atoms with Gasteiger partial charge in [-0.1, -0.05) is 146 Å². The summed E-state index contributed by atoms with van der Waals surface area (Å²) in [6, 6.07) is 48.0. The second kappa shape index (κ2) is 13.5. The minimum atomic E-state index is -0.185. The van der Waals surface area contributed by atoms with Gasteiger partial charge in [-0.15, -0.1) is 0 Å². The third-order valence-electron chi connectivity index (χ3n) is 7.50. The Morgan fingerprint density at radius 3 is 0.800 bits per heavy atom. The number of Topliss-reactive ketones (excluding diaryl/α,β-unsaturated/α-hetero) is 2. The molecule has 40 heavy (non-hydrogen) atoms. The summed E-state index contributed by atoms with van der Waals surface area (Å²) < 4.78 is 0. The van der Waals surface area contributed by atoms with E-state index in [1.165, 1.54) is 0 Å². The number of benzene rings is 5. The Labute approximate surface area is 237 Å². The number of rotatable bonds is 12. The van der Waals surface area contributed by atoms with Crippen LogP contribution < -0.4 is 0 Å². The molecule has 5 aromatic rings. The van der Waals surface area contributed by atoms with Gasteiger partial charge in [-0.25, -0.2) is 0 Å². The molecule has 0 aliphatic carbocycles. The maximum Gasteiger partial charge on any atom is 0.166 e. The van der Waals surface area contributed by atoms with Crippen LogP contribution in [0.5, 0.6) is 0 Å². The van der Waals surface area contributed by atoms with Gasteiger partial charge in [-0.05, 0) is 47.9 Å². The van der Waals surface area contributed by atoms with Gasteiger partial charge < -0.3 is 0 Å². The third kappa shape index (κ3) is 7.30. The van der Waals surface area contributed by atoms with Crippen LogP contribution in [0.4, 0.5) is 0 Å². The summed E-state index contributed by atoms with van der Waals surface area (Å²) >= 11 is 0. The molecule has 5 rings (SSSR count). The molecule has 198 valence electrons. The van der Waals surface area contributed by atoms with Gasteiger partial charge in [-0.2, -0.15) is 0 Å². The maximum atomic E-state index is 13.8. The smallest absolute Gasteiger partial charge is 0.166 e. The standard InChI is InChI=1S/C38H34O2/c39-37(35(25-29-13-5-1-6-14-29)26-30-15-7-2-8-16-30)33-21-23-34(24-22-33)38(40)36(27-31-17-9-3-10-18-31)28-32-19-11-4-12-20-32/h1-24,35-36H,25-28H2. The predicted octanol–water partition coefficient (Wildman–Crippen LogP) is 8.26. The fraction of sp³-hybridized carbons (Fsp3) is 0.158. The monoisotopic (exact) mass is 522 g/mol. The van der Waals surface area contributed by atoms with Gasteiger partial charge in [0.25, 0.3) is 0 Å². The summed E-state index contributed by atoms with van der Waals surface area (Å²) in [5.41, 5.74) is 5.88. The van der Waals surface area contributed by atoms with Crippen molar-refractivity contribution in [2.75, 3.05) is 0 Å². The first-order valence-corrected chi connectivity index (χ1v) is 14.0. The Bertz CT molecular complexity index is 1290. The number of carbonyl (C=O) groups excluding carboxylic acids is 2. The molecule has 0 heterocycles. The van der Waals surface area contributed by atoms with Crippen molar-refractivity contribution in [3.8, 4) is 0 Å². The van der Waals surface area contributed by atoms with Crippen LogP contribution in [0.2, 0.25) is 0 Å².